The summed E-state index contributed by atoms with van der Waals surface area (Å²) in [4.78, 5) is 17.8. The summed E-state index contributed by atoms with van der Waals surface area (Å²) in [6.45, 7) is 9.41. The third-order valence-corrected chi connectivity index (χ3v) is 6.95. The number of amides is 2. The predicted molar refractivity (Wildman–Crippen MR) is 135 cm³/mol. The van der Waals surface area contributed by atoms with Crippen molar-refractivity contribution in [1.82, 2.24) is 24.9 Å². The van der Waals surface area contributed by atoms with E-state index < -0.39 is 0 Å². The second-order valence-electron chi connectivity index (χ2n) is 10.5. The molecule has 1 aliphatic carbocycles. The number of hydrogen-bond acceptors (Lipinski definition) is 4. The summed E-state index contributed by atoms with van der Waals surface area (Å²) >= 11 is 0. The highest BCUT2D eigenvalue weighted by Crippen LogP contribution is 2.28. The normalized spacial score (nSPS) is 17.5. The van der Waals surface area contributed by atoms with Crippen LogP contribution in [0.3, 0.4) is 0 Å². The maximum Gasteiger partial charge on any atom is 0.318 e. The van der Waals surface area contributed by atoms with Gasteiger partial charge in [-0.25, -0.2) is 4.79 Å². The number of hydrogen-bond donors (Lipinski definition) is 1. The van der Waals surface area contributed by atoms with Crippen LogP contribution in [-0.4, -0.2) is 57.9 Å². The lowest BCUT2D eigenvalue weighted by Gasteiger charge is -2.37. The predicted octanol–water partition coefficient (Wildman–Crippen LogP) is 4.43. The van der Waals surface area contributed by atoms with Crippen molar-refractivity contribution < 1.29 is 9.53 Å². The maximum absolute atomic E-state index is 13.3. The van der Waals surface area contributed by atoms with Gasteiger partial charge in [0.1, 0.15) is 5.75 Å². The average molecular weight is 468 g/mol. The molecule has 0 bridgehead atoms. The van der Waals surface area contributed by atoms with E-state index in [0.717, 1.165) is 48.9 Å². The molecular weight excluding hydrogens is 426 g/mol. The highest BCUT2D eigenvalue weighted by Gasteiger charge is 2.26. The molecule has 7 nitrogen and oxygen atoms in total. The van der Waals surface area contributed by atoms with Crippen molar-refractivity contribution in [2.24, 2.45) is 18.9 Å². The van der Waals surface area contributed by atoms with Gasteiger partial charge in [-0.15, -0.1) is 0 Å². The smallest absolute Gasteiger partial charge is 0.318 e. The molecule has 0 radical (unpaired) electrons. The number of piperidine rings is 1. The minimum Gasteiger partial charge on any atom is -0.493 e. The quantitative estimate of drug-likeness (QED) is 0.561. The minimum atomic E-state index is -0.0109. The molecule has 1 aliphatic heterocycles. The van der Waals surface area contributed by atoms with Crippen molar-refractivity contribution in [1.29, 1.82) is 0 Å². The lowest BCUT2D eigenvalue weighted by atomic mass is 9.84. The Labute approximate surface area is 204 Å². The van der Waals surface area contributed by atoms with Crippen LogP contribution in [0.1, 0.15) is 57.2 Å². The molecule has 2 heterocycles. The minimum absolute atomic E-state index is 0.0109. The highest BCUT2D eigenvalue weighted by atomic mass is 16.5. The van der Waals surface area contributed by atoms with E-state index in [9.17, 15) is 4.79 Å². The topological polar surface area (TPSA) is 62.6 Å². The molecule has 1 saturated carbocycles. The number of aromatic nitrogens is 2. The van der Waals surface area contributed by atoms with Crippen LogP contribution in [-0.2, 0) is 20.1 Å². The second-order valence-corrected chi connectivity index (χ2v) is 10.5. The Hall–Kier alpha value is -2.54. The summed E-state index contributed by atoms with van der Waals surface area (Å²) in [6, 6.07) is 10.3. The van der Waals surface area contributed by atoms with Gasteiger partial charge in [-0.2, -0.15) is 5.10 Å². The highest BCUT2D eigenvalue weighted by molar-refractivity contribution is 5.74. The van der Waals surface area contributed by atoms with Crippen LogP contribution in [0.15, 0.2) is 36.5 Å². The number of likely N-dealkylation sites (tertiary alicyclic amines) is 1. The molecule has 186 valence electrons. The number of nitrogens with one attached hydrogen (secondary N) is 1. The van der Waals surface area contributed by atoms with Crippen molar-refractivity contribution in [2.75, 3.05) is 26.2 Å². The number of benzene rings is 1. The SMILES string of the molecule is CC(C)COc1ccc(CN(Cc2ccn(C)n2)C(=O)NC2CCN(CC3CCC3)CC2)cc1. The Balaban J connectivity index is 1.33. The van der Waals surface area contributed by atoms with Gasteiger partial charge in [-0.1, -0.05) is 32.4 Å². The molecule has 0 unspecified atom stereocenters. The Bertz CT molecular complexity index is 898. The molecule has 7 heteroatoms. The molecule has 2 aliphatic rings. The maximum atomic E-state index is 13.3. The van der Waals surface area contributed by atoms with Crippen LogP contribution in [0.5, 0.6) is 5.75 Å². The first-order valence-electron chi connectivity index (χ1n) is 12.9. The Morgan fingerprint density at radius 3 is 2.44 bits per heavy atom. The second kappa shape index (κ2) is 11.7. The molecule has 1 aromatic heterocycles. The van der Waals surface area contributed by atoms with E-state index in [4.69, 9.17) is 4.74 Å². The molecule has 2 amide bonds. The number of aryl methyl sites for hydroxylation is 1. The van der Waals surface area contributed by atoms with Crippen LogP contribution in [0.4, 0.5) is 4.79 Å². The van der Waals surface area contributed by atoms with Crippen molar-refractivity contribution >= 4 is 6.03 Å². The summed E-state index contributed by atoms with van der Waals surface area (Å²) < 4.78 is 7.59. The fraction of sp³-hybridized carbons (Fsp3) is 0.630. The van der Waals surface area contributed by atoms with E-state index in [-0.39, 0.29) is 12.1 Å². The van der Waals surface area contributed by atoms with Gasteiger partial charge in [0.25, 0.3) is 0 Å². The Morgan fingerprint density at radius 1 is 1.12 bits per heavy atom. The molecule has 4 rings (SSSR count). The van der Waals surface area contributed by atoms with Gasteiger partial charge < -0.3 is 19.9 Å². The molecule has 1 aromatic carbocycles. The van der Waals surface area contributed by atoms with Crippen molar-refractivity contribution in [3.63, 3.8) is 0 Å². The van der Waals surface area contributed by atoms with E-state index >= 15 is 0 Å². The lowest BCUT2D eigenvalue weighted by Crippen LogP contribution is -2.49. The van der Waals surface area contributed by atoms with Crippen LogP contribution in [0.25, 0.3) is 0 Å². The fourth-order valence-corrected chi connectivity index (χ4v) is 4.68. The van der Waals surface area contributed by atoms with Gasteiger partial charge in [0.15, 0.2) is 0 Å². The lowest BCUT2D eigenvalue weighted by molar-refractivity contribution is 0.135. The summed E-state index contributed by atoms with van der Waals surface area (Å²) in [5.74, 6) is 2.26. The zero-order valence-electron chi connectivity index (χ0n) is 21.1. The molecule has 0 spiro atoms. The first-order valence-corrected chi connectivity index (χ1v) is 12.9. The number of rotatable bonds is 10. The molecule has 1 saturated heterocycles. The fourth-order valence-electron chi connectivity index (χ4n) is 4.68. The number of nitrogens with zero attached hydrogens (tertiary/aromatic N) is 4. The van der Waals surface area contributed by atoms with E-state index in [1.54, 1.807) is 4.68 Å². The Kier molecular flexibility index (Phi) is 8.48. The van der Waals surface area contributed by atoms with Crippen molar-refractivity contribution in [3.05, 3.63) is 47.8 Å². The van der Waals surface area contributed by atoms with Gasteiger partial charge in [0, 0.05) is 45.5 Å². The standard InChI is InChI=1S/C27H41N5O2/c1-21(2)20-34-26-9-7-23(8-10-26)18-32(19-25-11-14-30(3)29-25)27(33)28-24-12-15-31(16-13-24)17-22-5-4-6-22/h7-11,14,21-22,24H,4-6,12-13,15-20H2,1-3H3,(H,28,33). The summed E-state index contributed by atoms with van der Waals surface area (Å²) in [5, 5.41) is 7.81. The first kappa shape index (κ1) is 24.6. The summed E-state index contributed by atoms with van der Waals surface area (Å²) in [6.07, 6.45) is 8.16. The number of urea groups is 1. The van der Waals surface area contributed by atoms with Crippen molar-refractivity contribution in [3.8, 4) is 5.75 Å². The van der Waals surface area contributed by atoms with Gasteiger partial charge in [0.05, 0.1) is 18.8 Å². The van der Waals surface area contributed by atoms with E-state index in [1.165, 1.54) is 25.8 Å². The van der Waals surface area contributed by atoms with Gasteiger partial charge in [-0.05, 0) is 61.3 Å². The average Bonchev–Trinajstić information content (AvgIpc) is 3.21. The summed E-state index contributed by atoms with van der Waals surface area (Å²) in [5.41, 5.74) is 1.98. The van der Waals surface area contributed by atoms with Gasteiger partial charge >= 0.3 is 6.03 Å². The number of ether oxygens (including phenoxy) is 1. The van der Waals surface area contributed by atoms with Gasteiger partial charge in [-0.3, -0.25) is 4.68 Å². The first-order chi connectivity index (χ1) is 16.4. The van der Waals surface area contributed by atoms with Crippen LogP contribution in [0, 0.1) is 11.8 Å². The largest absolute Gasteiger partial charge is 0.493 e. The monoisotopic (exact) mass is 467 g/mol. The van der Waals surface area contributed by atoms with Crippen LogP contribution in [0.2, 0.25) is 0 Å². The number of carbonyl (C=O) groups is 1. The van der Waals surface area contributed by atoms with E-state index in [1.807, 2.05) is 48.5 Å². The van der Waals surface area contributed by atoms with Crippen LogP contribution < -0.4 is 10.1 Å². The third-order valence-electron chi connectivity index (χ3n) is 6.95. The third kappa shape index (κ3) is 7.23. The zero-order chi connectivity index (χ0) is 23.9. The number of carbonyl (C=O) groups excluding carboxylic acids is 1. The van der Waals surface area contributed by atoms with Gasteiger partial charge in [0.2, 0.25) is 0 Å². The van der Waals surface area contributed by atoms with E-state index in [0.29, 0.717) is 25.6 Å². The van der Waals surface area contributed by atoms with E-state index in [2.05, 4.69) is 29.2 Å². The molecule has 1 N–H and O–H groups in total. The zero-order valence-corrected chi connectivity index (χ0v) is 21.1. The molecule has 2 aromatic rings. The molecule has 34 heavy (non-hydrogen) atoms. The van der Waals surface area contributed by atoms with Crippen LogP contribution >= 0.6 is 0 Å². The summed E-state index contributed by atoms with van der Waals surface area (Å²) in [7, 11) is 1.90. The Morgan fingerprint density at radius 2 is 1.85 bits per heavy atom. The molecular formula is C27H41N5O2. The molecule has 0 atom stereocenters. The molecule has 2 fully saturated rings. The van der Waals surface area contributed by atoms with Crippen molar-refractivity contribution in [2.45, 2.75) is 65.1 Å².